The van der Waals surface area contributed by atoms with Gasteiger partial charge in [-0.1, -0.05) is 0 Å². The van der Waals surface area contributed by atoms with Gasteiger partial charge in [0.25, 0.3) is 5.69 Å². The van der Waals surface area contributed by atoms with E-state index in [1.165, 1.54) is 19.2 Å². The van der Waals surface area contributed by atoms with Gasteiger partial charge in [0.1, 0.15) is 0 Å². The van der Waals surface area contributed by atoms with E-state index in [-0.39, 0.29) is 76.3 Å². The van der Waals surface area contributed by atoms with E-state index in [2.05, 4.69) is 4.74 Å². The molecule has 0 aromatic heterocycles. The van der Waals surface area contributed by atoms with Crippen LogP contribution in [0, 0.1) is 10.1 Å². The van der Waals surface area contributed by atoms with Crippen LogP contribution in [0.2, 0.25) is 0 Å². The fourth-order valence-corrected chi connectivity index (χ4v) is 0.780. The van der Waals surface area contributed by atoms with Crippen LogP contribution in [0.4, 0.5) is 5.69 Å². The maximum Gasteiger partial charge on any atom is 0.273 e. The zero-order chi connectivity index (χ0) is 9.14. The monoisotopic (exact) mass is 215 g/mol. The largest absolute Gasteiger partial charge is 0.504 e. The smallest absolute Gasteiger partial charge is 0.273 e. The summed E-state index contributed by atoms with van der Waals surface area (Å²) in [5.74, 6) is -0.00713. The minimum atomic E-state index is -0.554. The molecule has 14 heavy (non-hydrogen) atoms. The van der Waals surface area contributed by atoms with Gasteiger partial charge in [-0.05, 0) is 6.07 Å². The Bertz CT molecular complexity index is 319. The van der Waals surface area contributed by atoms with Crippen LogP contribution in [0.25, 0.3) is 0 Å². The number of aromatic hydroxyl groups is 1. The molecule has 1 aromatic rings. The number of nitro benzene ring substituents is 1. The molecule has 66 valence electrons. The molecule has 0 saturated carbocycles. The first-order valence-electron chi connectivity index (χ1n) is 3.16. The summed E-state index contributed by atoms with van der Waals surface area (Å²) < 4.78 is 4.68. The van der Waals surface area contributed by atoms with Gasteiger partial charge >= 0.3 is 0 Å². The summed E-state index contributed by atoms with van der Waals surface area (Å²) in [5, 5.41) is 19.3. The minimum Gasteiger partial charge on any atom is -0.504 e. The molecule has 0 unspecified atom stereocenters. The summed E-state index contributed by atoms with van der Waals surface area (Å²) in [6.07, 6.45) is 0. The molecular formula is C7H7NNa2O4. The predicted octanol–water partition coefficient (Wildman–Crippen LogP) is 0.547. The molecule has 1 rings (SSSR count). The molecule has 5 nitrogen and oxygen atoms in total. The van der Waals surface area contributed by atoms with Crippen molar-refractivity contribution < 1.29 is 14.8 Å². The van der Waals surface area contributed by atoms with Crippen molar-refractivity contribution in [3.05, 3.63) is 28.3 Å². The van der Waals surface area contributed by atoms with Gasteiger partial charge in [0.15, 0.2) is 11.5 Å². The maximum absolute atomic E-state index is 10.2. The van der Waals surface area contributed by atoms with Crippen molar-refractivity contribution in [2.24, 2.45) is 0 Å². The minimum absolute atomic E-state index is 0. The number of ether oxygens (including phenoxy) is 1. The molecule has 7 heteroatoms. The molecule has 0 aliphatic rings. The molecule has 0 heterocycles. The maximum atomic E-state index is 10.2. The topological polar surface area (TPSA) is 72.6 Å². The molecule has 0 atom stereocenters. The molecule has 0 saturated heterocycles. The number of phenols is 1. The van der Waals surface area contributed by atoms with Crippen molar-refractivity contribution in [1.29, 1.82) is 0 Å². The van der Waals surface area contributed by atoms with E-state index < -0.39 is 4.92 Å². The molecule has 1 aromatic carbocycles. The van der Waals surface area contributed by atoms with E-state index in [4.69, 9.17) is 5.11 Å². The quantitative estimate of drug-likeness (QED) is 0.444. The van der Waals surface area contributed by atoms with Gasteiger partial charge in [0, 0.05) is 65.2 Å². The molecule has 0 amide bonds. The SMILES string of the molecule is COc1cc([N+](=O)[O-])ccc1O.[Na].[Na]. The summed E-state index contributed by atoms with van der Waals surface area (Å²) in [6, 6.07) is 3.59. The first-order chi connectivity index (χ1) is 5.65. The second kappa shape index (κ2) is 7.50. The molecule has 2 radical (unpaired) electrons. The van der Waals surface area contributed by atoms with Crippen molar-refractivity contribution in [3.63, 3.8) is 0 Å². The predicted molar refractivity (Wildman–Crippen MR) is 52.8 cm³/mol. The second-order valence-electron chi connectivity index (χ2n) is 2.11. The van der Waals surface area contributed by atoms with Crippen LogP contribution < -0.4 is 4.74 Å². The van der Waals surface area contributed by atoms with Crippen LogP contribution in [0.15, 0.2) is 18.2 Å². The number of non-ortho nitro benzene ring substituents is 1. The molecule has 1 N–H and O–H groups in total. The van der Waals surface area contributed by atoms with E-state index in [1.54, 1.807) is 0 Å². The van der Waals surface area contributed by atoms with Gasteiger partial charge in [-0.15, -0.1) is 0 Å². The van der Waals surface area contributed by atoms with Crippen LogP contribution in [0.5, 0.6) is 11.5 Å². The summed E-state index contributed by atoms with van der Waals surface area (Å²) in [5.41, 5.74) is -0.107. The normalized spacial score (nSPS) is 8.07. The third kappa shape index (κ3) is 4.16. The van der Waals surface area contributed by atoms with Gasteiger partial charge in [-0.3, -0.25) is 10.1 Å². The number of phenolic OH excluding ortho intramolecular Hbond substituents is 1. The van der Waals surface area contributed by atoms with Gasteiger partial charge < -0.3 is 9.84 Å². The first-order valence-corrected chi connectivity index (χ1v) is 3.16. The Balaban J connectivity index is 0. The van der Waals surface area contributed by atoms with E-state index in [0.717, 1.165) is 6.07 Å². The van der Waals surface area contributed by atoms with Crippen LogP contribution in [0.1, 0.15) is 0 Å². The first kappa shape index (κ1) is 16.6. The zero-order valence-corrected chi connectivity index (χ0v) is 12.4. The fourth-order valence-electron chi connectivity index (χ4n) is 0.780. The van der Waals surface area contributed by atoms with Crippen molar-refractivity contribution in [3.8, 4) is 11.5 Å². The Kier molecular flexibility index (Phi) is 8.92. The van der Waals surface area contributed by atoms with Gasteiger partial charge in [0.05, 0.1) is 18.1 Å². The van der Waals surface area contributed by atoms with Crippen molar-refractivity contribution in [2.75, 3.05) is 7.11 Å². The summed E-state index contributed by atoms with van der Waals surface area (Å²) in [6.45, 7) is 0. The Labute approximate surface area is 125 Å². The third-order valence-electron chi connectivity index (χ3n) is 1.37. The van der Waals surface area contributed by atoms with Crippen LogP contribution in [0.3, 0.4) is 0 Å². The summed E-state index contributed by atoms with van der Waals surface area (Å²) >= 11 is 0. The standard InChI is InChI=1S/C7H7NO4.2Na/c1-12-7-4-5(8(10)11)2-3-6(7)9;;/h2-4,9H,1H3;;. The molecule has 0 fully saturated rings. The summed E-state index contributed by atoms with van der Waals surface area (Å²) in [7, 11) is 1.33. The molecule has 0 bridgehead atoms. The number of hydrogen-bond acceptors (Lipinski definition) is 4. The number of methoxy groups -OCH3 is 1. The number of benzene rings is 1. The van der Waals surface area contributed by atoms with Gasteiger partial charge in [-0.2, -0.15) is 0 Å². The number of rotatable bonds is 2. The Morgan fingerprint density at radius 3 is 2.43 bits per heavy atom. The number of nitro groups is 1. The Hall–Kier alpha value is 0.220. The molecule has 0 aliphatic heterocycles. The van der Waals surface area contributed by atoms with Crippen molar-refractivity contribution in [1.82, 2.24) is 0 Å². The average molecular weight is 215 g/mol. The molecule has 0 aliphatic carbocycles. The fraction of sp³-hybridized carbons (Fsp3) is 0.143. The van der Waals surface area contributed by atoms with Crippen LogP contribution in [-0.4, -0.2) is 76.3 Å². The molecule has 0 spiro atoms. The number of hydrogen-bond donors (Lipinski definition) is 1. The van der Waals surface area contributed by atoms with E-state index in [9.17, 15) is 10.1 Å². The third-order valence-corrected chi connectivity index (χ3v) is 1.37. The van der Waals surface area contributed by atoms with Crippen LogP contribution in [-0.2, 0) is 0 Å². The van der Waals surface area contributed by atoms with E-state index >= 15 is 0 Å². The Morgan fingerprint density at radius 1 is 1.43 bits per heavy atom. The van der Waals surface area contributed by atoms with Crippen LogP contribution >= 0.6 is 0 Å². The molecular weight excluding hydrogens is 208 g/mol. The van der Waals surface area contributed by atoms with Gasteiger partial charge in [0.2, 0.25) is 0 Å². The Morgan fingerprint density at radius 2 is 2.00 bits per heavy atom. The number of nitrogens with zero attached hydrogens (tertiary/aromatic N) is 1. The zero-order valence-electron chi connectivity index (χ0n) is 8.35. The second-order valence-corrected chi connectivity index (χ2v) is 2.11. The summed E-state index contributed by atoms with van der Waals surface area (Å²) in [4.78, 5) is 9.70. The average Bonchev–Trinajstić information content (AvgIpc) is 2.05. The van der Waals surface area contributed by atoms with Crippen molar-refractivity contribution >= 4 is 64.8 Å². The van der Waals surface area contributed by atoms with Gasteiger partial charge in [-0.25, -0.2) is 0 Å². The van der Waals surface area contributed by atoms with E-state index in [1.807, 2.05) is 0 Å². The van der Waals surface area contributed by atoms with E-state index in [0.29, 0.717) is 0 Å². The van der Waals surface area contributed by atoms with Crippen molar-refractivity contribution in [2.45, 2.75) is 0 Å².